The SMILES string of the molecule is CC1(C(=O)NCc2ccc(CCN)cc2)CCCS1. The summed E-state index contributed by atoms with van der Waals surface area (Å²) in [5.41, 5.74) is 7.91. The van der Waals surface area contributed by atoms with Crippen molar-refractivity contribution in [2.75, 3.05) is 12.3 Å². The maximum absolute atomic E-state index is 12.2. The van der Waals surface area contributed by atoms with Gasteiger partial charge in [-0.15, -0.1) is 11.8 Å². The summed E-state index contributed by atoms with van der Waals surface area (Å²) in [6, 6.07) is 8.30. The van der Waals surface area contributed by atoms with Crippen molar-refractivity contribution in [3.05, 3.63) is 35.4 Å². The van der Waals surface area contributed by atoms with Gasteiger partial charge in [-0.3, -0.25) is 4.79 Å². The van der Waals surface area contributed by atoms with Crippen molar-refractivity contribution in [1.82, 2.24) is 5.32 Å². The van der Waals surface area contributed by atoms with E-state index in [9.17, 15) is 4.79 Å². The first-order valence-corrected chi connectivity index (χ1v) is 7.83. The molecule has 3 N–H and O–H groups in total. The second kappa shape index (κ2) is 6.44. The van der Waals surface area contributed by atoms with Gasteiger partial charge in [0.2, 0.25) is 5.91 Å². The van der Waals surface area contributed by atoms with E-state index in [0.29, 0.717) is 13.1 Å². The number of amides is 1. The van der Waals surface area contributed by atoms with Crippen LogP contribution in [-0.2, 0) is 17.8 Å². The molecule has 1 unspecified atom stereocenters. The molecular weight excluding hydrogens is 256 g/mol. The van der Waals surface area contributed by atoms with Gasteiger partial charge in [0.05, 0.1) is 4.75 Å². The Balaban J connectivity index is 1.86. The van der Waals surface area contributed by atoms with Gasteiger partial charge in [0, 0.05) is 6.54 Å². The summed E-state index contributed by atoms with van der Waals surface area (Å²) in [5, 5.41) is 3.05. The summed E-state index contributed by atoms with van der Waals surface area (Å²) in [6.07, 6.45) is 3.03. The molecule has 0 saturated carbocycles. The first-order valence-electron chi connectivity index (χ1n) is 6.84. The number of hydrogen-bond donors (Lipinski definition) is 2. The Morgan fingerprint density at radius 2 is 2.05 bits per heavy atom. The molecule has 1 fully saturated rings. The lowest BCUT2D eigenvalue weighted by molar-refractivity contribution is -0.123. The number of benzene rings is 1. The monoisotopic (exact) mass is 278 g/mol. The molecular formula is C15H22N2OS. The molecule has 3 nitrogen and oxygen atoms in total. The molecule has 0 bridgehead atoms. The Labute approximate surface area is 119 Å². The smallest absolute Gasteiger partial charge is 0.236 e. The molecule has 1 aliphatic rings. The van der Waals surface area contributed by atoms with E-state index >= 15 is 0 Å². The number of nitrogens with one attached hydrogen (secondary N) is 1. The van der Waals surface area contributed by atoms with Crippen molar-refractivity contribution in [2.24, 2.45) is 5.73 Å². The van der Waals surface area contributed by atoms with Gasteiger partial charge < -0.3 is 11.1 Å². The highest BCUT2D eigenvalue weighted by atomic mass is 32.2. The zero-order valence-electron chi connectivity index (χ0n) is 11.4. The van der Waals surface area contributed by atoms with Crippen LogP contribution in [0.2, 0.25) is 0 Å². The van der Waals surface area contributed by atoms with Crippen molar-refractivity contribution in [3.8, 4) is 0 Å². The molecule has 0 aromatic heterocycles. The van der Waals surface area contributed by atoms with Gasteiger partial charge in [0.15, 0.2) is 0 Å². The summed E-state index contributed by atoms with van der Waals surface area (Å²) in [5.74, 6) is 1.26. The van der Waals surface area contributed by atoms with Crippen LogP contribution in [0.15, 0.2) is 24.3 Å². The van der Waals surface area contributed by atoms with E-state index in [1.54, 1.807) is 11.8 Å². The van der Waals surface area contributed by atoms with Crippen LogP contribution in [0.1, 0.15) is 30.9 Å². The molecule has 2 rings (SSSR count). The molecule has 0 spiro atoms. The van der Waals surface area contributed by atoms with Crippen LogP contribution >= 0.6 is 11.8 Å². The Morgan fingerprint density at radius 1 is 1.37 bits per heavy atom. The van der Waals surface area contributed by atoms with Crippen LogP contribution < -0.4 is 11.1 Å². The lowest BCUT2D eigenvalue weighted by Gasteiger charge is -2.21. The van der Waals surface area contributed by atoms with Gasteiger partial charge in [-0.2, -0.15) is 0 Å². The summed E-state index contributed by atoms with van der Waals surface area (Å²) in [7, 11) is 0. The average molecular weight is 278 g/mol. The average Bonchev–Trinajstić information content (AvgIpc) is 2.86. The maximum atomic E-state index is 12.2. The van der Waals surface area contributed by atoms with Crippen LogP contribution in [0.25, 0.3) is 0 Å². The Kier molecular flexibility index (Phi) is 4.88. The molecule has 4 heteroatoms. The van der Waals surface area contributed by atoms with Crippen molar-refractivity contribution >= 4 is 17.7 Å². The van der Waals surface area contributed by atoms with Gasteiger partial charge in [0.25, 0.3) is 0 Å². The minimum atomic E-state index is -0.223. The highest BCUT2D eigenvalue weighted by Gasteiger charge is 2.36. The summed E-state index contributed by atoms with van der Waals surface area (Å²) >= 11 is 1.77. The molecule has 104 valence electrons. The third kappa shape index (κ3) is 3.74. The standard InChI is InChI=1S/C15H22N2OS/c1-15(8-2-10-19-15)14(18)17-11-13-5-3-12(4-6-13)7-9-16/h3-6H,2,7-11,16H2,1H3,(H,17,18). The van der Waals surface area contributed by atoms with Crippen molar-refractivity contribution in [3.63, 3.8) is 0 Å². The van der Waals surface area contributed by atoms with Crippen LogP contribution in [0.5, 0.6) is 0 Å². The second-order valence-corrected chi connectivity index (χ2v) is 6.82. The highest BCUT2D eigenvalue weighted by Crippen LogP contribution is 2.37. The predicted octanol–water partition coefficient (Wildman–Crippen LogP) is 2.09. The van der Waals surface area contributed by atoms with Crippen molar-refractivity contribution < 1.29 is 4.79 Å². The molecule has 1 saturated heterocycles. The fraction of sp³-hybridized carbons (Fsp3) is 0.533. The minimum absolute atomic E-state index is 0.168. The van der Waals surface area contributed by atoms with Crippen molar-refractivity contribution in [1.29, 1.82) is 0 Å². The summed E-state index contributed by atoms with van der Waals surface area (Å²) in [4.78, 5) is 12.2. The maximum Gasteiger partial charge on any atom is 0.236 e. The number of hydrogen-bond acceptors (Lipinski definition) is 3. The Hall–Kier alpha value is -1.00. The van der Waals surface area contributed by atoms with Gasteiger partial charge in [-0.05, 0) is 49.6 Å². The Bertz CT molecular complexity index is 424. The van der Waals surface area contributed by atoms with Gasteiger partial charge in [-0.1, -0.05) is 24.3 Å². The van der Waals surface area contributed by atoms with Crippen LogP contribution in [0.3, 0.4) is 0 Å². The first-order chi connectivity index (χ1) is 9.14. The zero-order chi connectivity index (χ0) is 13.7. The molecule has 0 aliphatic carbocycles. The predicted molar refractivity (Wildman–Crippen MR) is 81.1 cm³/mol. The topological polar surface area (TPSA) is 55.1 Å². The summed E-state index contributed by atoms with van der Waals surface area (Å²) in [6.45, 7) is 3.33. The molecule has 19 heavy (non-hydrogen) atoms. The fourth-order valence-corrected chi connectivity index (χ4v) is 3.55. The van der Waals surface area contributed by atoms with Gasteiger partial charge in [0.1, 0.15) is 0 Å². The molecule has 1 atom stereocenters. The summed E-state index contributed by atoms with van der Waals surface area (Å²) < 4.78 is -0.223. The van der Waals surface area contributed by atoms with E-state index in [4.69, 9.17) is 5.73 Å². The number of rotatable bonds is 5. The first kappa shape index (κ1) is 14.4. The lowest BCUT2D eigenvalue weighted by Crippen LogP contribution is -2.39. The number of nitrogens with two attached hydrogens (primary N) is 1. The Morgan fingerprint density at radius 3 is 2.63 bits per heavy atom. The van der Waals surface area contributed by atoms with Gasteiger partial charge >= 0.3 is 0 Å². The van der Waals surface area contributed by atoms with E-state index in [1.165, 1.54) is 5.56 Å². The third-order valence-corrected chi connectivity index (χ3v) is 5.13. The van der Waals surface area contributed by atoms with Crippen LogP contribution in [-0.4, -0.2) is 23.0 Å². The third-order valence-electron chi connectivity index (χ3n) is 3.61. The normalized spacial score (nSPS) is 22.4. The fourth-order valence-electron chi connectivity index (χ4n) is 2.32. The number of carbonyl (C=O) groups is 1. The van der Waals surface area contributed by atoms with E-state index in [2.05, 4.69) is 29.6 Å². The molecule has 1 aromatic rings. The highest BCUT2D eigenvalue weighted by molar-refractivity contribution is 8.01. The second-order valence-electron chi connectivity index (χ2n) is 5.22. The van der Waals surface area contributed by atoms with E-state index in [-0.39, 0.29) is 10.7 Å². The van der Waals surface area contributed by atoms with Gasteiger partial charge in [-0.25, -0.2) is 0 Å². The number of carbonyl (C=O) groups excluding carboxylic acids is 1. The quantitative estimate of drug-likeness (QED) is 0.867. The molecule has 1 amide bonds. The van der Waals surface area contributed by atoms with Crippen LogP contribution in [0.4, 0.5) is 0 Å². The van der Waals surface area contributed by atoms with Crippen LogP contribution in [0, 0.1) is 0 Å². The van der Waals surface area contributed by atoms with E-state index < -0.39 is 0 Å². The van der Waals surface area contributed by atoms with Crippen molar-refractivity contribution in [2.45, 2.75) is 37.5 Å². The lowest BCUT2D eigenvalue weighted by atomic mass is 10.0. The molecule has 0 radical (unpaired) electrons. The largest absolute Gasteiger partial charge is 0.351 e. The molecule has 1 aromatic carbocycles. The minimum Gasteiger partial charge on any atom is -0.351 e. The van der Waals surface area contributed by atoms with E-state index in [0.717, 1.165) is 30.6 Å². The molecule has 1 aliphatic heterocycles. The molecule has 1 heterocycles. The zero-order valence-corrected chi connectivity index (χ0v) is 12.3. The number of thioether (sulfide) groups is 1. The van der Waals surface area contributed by atoms with E-state index in [1.807, 2.05) is 6.92 Å².